The summed E-state index contributed by atoms with van der Waals surface area (Å²) in [4.78, 5) is 0. The molecule has 1 aromatic rings. The van der Waals surface area contributed by atoms with E-state index in [1.165, 1.54) is 11.1 Å². The van der Waals surface area contributed by atoms with Gasteiger partial charge in [-0.3, -0.25) is 0 Å². The van der Waals surface area contributed by atoms with E-state index in [-0.39, 0.29) is 6.04 Å². The molecule has 0 aliphatic carbocycles. The average Bonchev–Trinajstić information content (AvgIpc) is 2.14. The van der Waals surface area contributed by atoms with Crippen molar-refractivity contribution in [2.75, 3.05) is 6.61 Å². The number of aryl methyl sites for hydroxylation is 1. The van der Waals surface area contributed by atoms with Gasteiger partial charge in [-0.15, -0.1) is 0 Å². The number of hydrogen-bond donors (Lipinski definition) is 1. The average molecular weight is 207 g/mol. The van der Waals surface area contributed by atoms with E-state index in [4.69, 9.17) is 10.5 Å². The Morgan fingerprint density at radius 3 is 2.47 bits per heavy atom. The first-order chi connectivity index (χ1) is 7.00. The molecule has 84 valence electrons. The minimum absolute atomic E-state index is 0.0746. The largest absolute Gasteiger partial charge is 0.492 e. The Hall–Kier alpha value is -1.02. The smallest absolute Gasteiger partial charge is 0.123 e. The molecule has 1 aromatic carbocycles. The fraction of sp³-hybridized carbons (Fsp3) is 0.538. The summed E-state index contributed by atoms with van der Waals surface area (Å²) in [5, 5.41) is 0. The van der Waals surface area contributed by atoms with Gasteiger partial charge in [0.1, 0.15) is 12.4 Å². The summed E-state index contributed by atoms with van der Waals surface area (Å²) in [5.41, 5.74) is 8.15. The summed E-state index contributed by atoms with van der Waals surface area (Å²) in [6, 6.07) is 6.41. The molecule has 0 aliphatic heterocycles. The third-order valence-electron chi connectivity index (χ3n) is 2.29. The van der Waals surface area contributed by atoms with Gasteiger partial charge in [0.2, 0.25) is 0 Å². The van der Waals surface area contributed by atoms with Gasteiger partial charge >= 0.3 is 0 Å². The molecule has 0 fully saturated rings. The molecule has 0 radical (unpaired) electrons. The molecule has 2 N–H and O–H groups in total. The van der Waals surface area contributed by atoms with Crippen LogP contribution < -0.4 is 10.5 Å². The van der Waals surface area contributed by atoms with E-state index in [1.807, 2.05) is 6.92 Å². The Kier molecular flexibility index (Phi) is 4.15. The van der Waals surface area contributed by atoms with Crippen LogP contribution in [0.2, 0.25) is 0 Å². The summed E-state index contributed by atoms with van der Waals surface area (Å²) in [7, 11) is 0. The van der Waals surface area contributed by atoms with Gasteiger partial charge in [-0.25, -0.2) is 0 Å². The highest BCUT2D eigenvalue weighted by Crippen LogP contribution is 2.27. The molecule has 1 rings (SSSR count). The van der Waals surface area contributed by atoms with Crippen LogP contribution in [0.15, 0.2) is 18.2 Å². The zero-order valence-corrected chi connectivity index (χ0v) is 10.1. The minimum Gasteiger partial charge on any atom is -0.492 e. The lowest BCUT2D eigenvalue weighted by Gasteiger charge is -2.16. The molecule has 2 nitrogen and oxygen atoms in total. The first kappa shape index (κ1) is 12.1. The van der Waals surface area contributed by atoms with Crippen LogP contribution in [0.3, 0.4) is 0 Å². The normalized spacial score (nSPS) is 12.9. The highest BCUT2D eigenvalue weighted by atomic mass is 16.5. The van der Waals surface area contributed by atoms with Gasteiger partial charge in [-0.2, -0.15) is 0 Å². The third kappa shape index (κ3) is 3.56. The summed E-state index contributed by atoms with van der Waals surface area (Å²) < 4.78 is 5.72. The molecular formula is C13H21NO. The Labute approximate surface area is 92.4 Å². The number of ether oxygens (including phenoxy) is 1. The number of nitrogens with two attached hydrogens (primary N) is 1. The first-order valence-electron chi connectivity index (χ1n) is 5.49. The standard InChI is InChI=1S/C13H21NO/c1-9(2)12-6-5-10(3)7-13(12)15-8-11(4)14/h5-7,9,11H,8,14H2,1-4H3/t11-/m0/s1. The van der Waals surface area contributed by atoms with Crippen molar-refractivity contribution in [3.8, 4) is 5.75 Å². The summed E-state index contributed by atoms with van der Waals surface area (Å²) in [6.45, 7) is 8.93. The van der Waals surface area contributed by atoms with Crippen LogP contribution in [0.25, 0.3) is 0 Å². The molecule has 0 bridgehead atoms. The van der Waals surface area contributed by atoms with Gasteiger partial charge in [-0.1, -0.05) is 26.0 Å². The second kappa shape index (κ2) is 5.17. The fourth-order valence-electron chi connectivity index (χ4n) is 1.46. The van der Waals surface area contributed by atoms with Crippen molar-refractivity contribution in [1.82, 2.24) is 0 Å². The first-order valence-corrected chi connectivity index (χ1v) is 5.49. The SMILES string of the molecule is Cc1ccc(C(C)C)c(OC[C@H](C)N)c1. The highest BCUT2D eigenvalue weighted by Gasteiger charge is 2.08. The van der Waals surface area contributed by atoms with Crippen LogP contribution in [-0.2, 0) is 0 Å². The lowest BCUT2D eigenvalue weighted by molar-refractivity contribution is 0.292. The maximum absolute atomic E-state index is 5.72. The summed E-state index contributed by atoms with van der Waals surface area (Å²) in [5.74, 6) is 1.45. The van der Waals surface area contributed by atoms with E-state index in [1.54, 1.807) is 0 Å². The molecule has 0 saturated heterocycles. The van der Waals surface area contributed by atoms with Crippen molar-refractivity contribution < 1.29 is 4.74 Å². The van der Waals surface area contributed by atoms with Crippen LogP contribution in [0.1, 0.15) is 37.8 Å². The number of benzene rings is 1. The molecule has 0 amide bonds. The minimum atomic E-state index is 0.0746. The topological polar surface area (TPSA) is 35.2 Å². The highest BCUT2D eigenvalue weighted by molar-refractivity contribution is 5.39. The van der Waals surface area contributed by atoms with Crippen molar-refractivity contribution in [3.63, 3.8) is 0 Å². The molecule has 0 aromatic heterocycles. The summed E-state index contributed by atoms with van der Waals surface area (Å²) in [6.07, 6.45) is 0. The predicted molar refractivity (Wildman–Crippen MR) is 64.4 cm³/mol. The van der Waals surface area contributed by atoms with E-state index in [9.17, 15) is 0 Å². The Morgan fingerprint density at radius 1 is 1.27 bits per heavy atom. The van der Waals surface area contributed by atoms with Crippen molar-refractivity contribution in [2.45, 2.75) is 39.7 Å². The molecule has 0 unspecified atom stereocenters. The van der Waals surface area contributed by atoms with Crippen LogP contribution in [-0.4, -0.2) is 12.6 Å². The molecule has 0 aliphatic rings. The maximum Gasteiger partial charge on any atom is 0.123 e. The molecule has 0 saturated carbocycles. The van der Waals surface area contributed by atoms with E-state index in [2.05, 4.69) is 39.0 Å². The maximum atomic E-state index is 5.72. The van der Waals surface area contributed by atoms with Crippen LogP contribution in [0.4, 0.5) is 0 Å². The van der Waals surface area contributed by atoms with Crippen LogP contribution >= 0.6 is 0 Å². The molecule has 15 heavy (non-hydrogen) atoms. The zero-order chi connectivity index (χ0) is 11.4. The van der Waals surface area contributed by atoms with Crippen molar-refractivity contribution in [3.05, 3.63) is 29.3 Å². The zero-order valence-electron chi connectivity index (χ0n) is 10.1. The van der Waals surface area contributed by atoms with Crippen LogP contribution in [0.5, 0.6) is 5.75 Å². The molecule has 2 heteroatoms. The third-order valence-corrected chi connectivity index (χ3v) is 2.29. The second-order valence-corrected chi connectivity index (χ2v) is 4.48. The van der Waals surface area contributed by atoms with Gasteiger partial charge in [-0.05, 0) is 37.0 Å². The lowest BCUT2D eigenvalue weighted by Crippen LogP contribution is -2.24. The predicted octanol–water partition coefficient (Wildman–Crippen LogP) is 2.84. The quantitative estimate of drug-likeness (QED) is 0.824. The number of hydrogen-bond acceptors (Lipinski definition) is 2. The fourth-order valence-corrected chi connectivity index (χ4v) is 1.46. The van der Waals surface area contributed by atoms with Crippen LogP contribution in [0, 0.1) is 6.92 Å². The molecule has 0 heterocycles. The molecular weight excluding hydrogens is 186 g/mol. The molecule has 0 spiro atoms. The number of rotatable bonds is 4. The van der Waals surface area contributed by atoms with E-state index in [0.717, 1.165) is 5.75 Å². The van der Waals surface area contributed by atoms with Gasteiger partial charge in [0, 0.05) is 6.04 Å². The Morgan fingerprint density at radius 2 is 1.93 bits per heavy atom. The van der Waals surface area contributed by atoms with E-state index < -0.39 is 0 Å². The molecule has 1 atom stereocenters. The van der Waals surface area contributed by atoms with Crippen molar-refractivity contribution in [1.29, 1.82) is 0 Å². The Bertz CT molecular complexity index is 318. The van der Waals surface area contributed by atoms with Gasteiger partial charge in [0.05, 0.1) is 0 Å². The summed E-state index contributed by atoms with van der Waals surface area (Å²) >= 11 is 0. The lowest BCUT2D eigenvalue weighted by atomic mass is 10.0. The van der Waals surface area contributed by atoms with Gasteiger partial charge in [0.15, 0.2) is 0 Å². The van der Waals surface area contributed by atoms with Crippen molar-refractivity contribution in [2.24, 2.45) is 5.73 Å². The Balaban J connectivity index is 2.87. The second-order valence-electron chi connectivity index (χ2n) is 4.48. The monoisotopic (exact) mass is 207 g/mol. The van der Waals surface area contributed by atoms with Gasteiger partial charge in [0.25, 0.3) is 0 Å². The van der Waals surface area contributed by atoms with E-state index >= 15 is 0 Å². The van der Waals surface area contributed by atoms with Gasteiger partial charge < -0.3 is 10.5 Å². The van der Waals surface area contributed by atoms with E-state index in [0.29, 0.717) is 12.5 Å². The van der Waals surface area contributed by atoms with Crippen molar-refractivity contribution >= 4 is 0 Å².